The maximum absolute atomic E-state index is 2.55. The first kappa shape index (κ1) is 62.3. The summed E-state index contributed by atoms with van der Waals surface area (Å²) < 4.78 is 9.69. The van der Waals surface area contributed by atoms with E-state index in [0.29, 0.717) is 0 Å². The Morgan fingerprint density at radius 3 is 0.786 bits per heavy atom. The monoisotopic (exact) mass is 1330 g/mol. The van der Waals surface area contributed by atoms with E-state index < -0.39 is 0 Å². The Bertz CT molecular complexity index is 5760. The van der Waals surface area contributed by atoms with E-state index in [1.807, 2.05) is 0 Å². The average molecular weight is 1330 g/mol. The number of benzene rings is 14. The van der Waals surface area contributed by atoms with Crippen molar-refractivity contribution < 1.29 is 0 Å². The van der Waals surface area contributed by atoms with E-state index in [2.05, 4.69) is 348 Å². The van der Waals surface area contributed by atoms with Crippen LogP contribution in [0, 0.1) is 13.8 Å². The highest BCUT2D eigenvalue weighted by Crippen LogP contribution is 2.55. The number of aryl methyl sites for hydroxylation is 4. The second-order valence-electron chi connectivity index (χ2n) is 29.3. The summed E-state index contributed by atoms with van der Waals surface area (Å²) in [6, 6.07) is 118. The molecule has 4 heterocycles. The zero-order valence-electron chi connectivity index (χ0n) is 58.8. The molecule has 0 fully saturated rings. The summed E-state index contributed by atoms with van der Waals surface area (Å²) >= 11 is 0. The highest BCUT2D eigenvalue weighted by atomic mass is 15.0. The average Bonchev–Trinajstić information content (AvgIpc) is 1.52. The summed E-state index contributed by atoms with van der Waals surface area (Å²) in [6.45, 7) is 4.59. The van der Waals surface area contributed by atoms with Crippen LogP contribution in [0.1, 0.15) is 97.6 Å². The fraction of sp³-hybridized carbons (Fsp3) is 0.152. The Balaban J connectivity index is 0.501. The minimum atomic E-state index is 0.0312. The van der Waals surface area contributed by atoms with Crippen LogP contribution in [0.25, 0.3) is 143 Å². The molecule has 0 atom stereocenters. The zero-order valence-corrected chi connectivity index (χ0v) is 58.8. The third-order valence-corrected chi connectivity index (χ3v) is 23.1. The van der Waals surface area contributed by atoms with Crippen LogP contribution in [0.15, 0.2) is 315 Å². The largest absolute Gasteiger partial charge is 0.309 e. The van der Waals surface area contributed by atoms with Crippen molar-refractivity contribution in [3.63, 3.8) is 0 Å². The molecule has 18 aromatic rings. The second-order valence-corrected chi connectivity index (χ2v) is 29.3. The Hall–Kier alpha value is -11.7. The number of unbranched alkanes of at least 4 members (excludes halogenated alkanes) is 6. The van der Waals surface area contributed by atoms with Crippen LogP contribution >= 0.6 is 0 Å². The minimum Gasteiger partial charge on any atom is -0.309 e. The number of fused-ring (bicyclic) bond motifs is 15. The van der Waals surface area contributed by atoms with Crippen molar-refractivity contribution in [3.8, 4) is 56.1 Å². The number of aromatic nitrogens is 4. The molecular weight excluding hydrogens is 1250 g/mol. The van der Waals surface area contributed by atoms with Gasteiger partial charge in [0.2, 0.25) is 0 Å². The molecule has 14 aromatic carbocycles. The van der Waals surface area contributed by atoms with Crippen molar-refractivity contribution in [1.82, 2.24) is 18.3 Å². The van der Waals surface area contributed by atoms with Gasteiger partial charge < -0.3 is 18.3 Å². The van der Waals surface area contributed by atoms with Crippen LogP contribution < -0.4 is 0 Å². The summed E-state index contributed by atoms with van der Waals surface area (Å²) in [5, 5.41) is 10.4. The lowest BCUT2D eigenvalue weighted by atomic mass is 9.70. The molecule has 19 rings (SSSR count). The van der Waals surface area contributed by atoms with Gasteiger partial charge in [0.05, 0.1) is 44.1 Å². The molecule has 1 aliphatic carbocycles. The first-order valence-electron chi connectivity index (χ1n) is 37.5. The Morgan fingerprint density at radius 1 is 0.223 bits per heavy atom. The van der Waals surface area contributed by atoms with E-state index in [4.69, 9.17) is 0 Å². The van der Waals surface area contributed by atoms with E-state index in [1.54, 1.807) is 11.1 Å². The van der Waals surface area contributed by atoms with Crippen LogP contribution in [0.2, 0.25) is 0 Å². The number of hydrogen-bond donors (Lipinski definition) is 0. The van der Waals surface area contributed by atoms with Gasteiger partial charge in [-0.3, -0.25) is 0 Å². The van der Waals surface area contributed by atoms with Gasteiger partial charge >= 0.3 is 0 Å². The molecule has 0 amide bonds. The lowest BCUT2D eigenvalue weighted by Crippen LogP contribution is -2.25. The molecule has 1 aliphatic rings. The maximum Gasteiger partial charge on any atom is 0.0541 e. The van der Waals surface area contributed by atoms with Crippen LogP contribution in [0.4, 0.5) is 0 Å². The first-order chi connectivity index (χ1) is 50.9. The van der Waals surface area contributed by atoms with E-state index in [9.17, 15) is 0 Å². The quantitative estimate of drug-likeness (QED) is 0.0678. The van der Waals surface area contributed by atoms with Crippen LogP contribution in [0.5, 0.6) is 0 Å². The summed E-state index contributed by atoms with van der Waals surface area (Å²) in [5.41, 5.74) is 31.2. The lowest BCUT2D eigenvalue weighted by Gasteiger charge is -2.33. The highest BCUT2D eigenvalue weighted by molar-refractivity contribution is 6.12. The van der Waals surface area contributed by atoms with Gasteiger partial charge in [-0.2, -0.15) is 0 Å². The molecule has 0 spiro atoms. The van der Waals surface area contributed by atoms with Gasteiger partial charge in [0.25, 0.3) is 0 Å². The topological polar surface area (TPSA) is 19.7 Å². The lowest BCUT2D eigenvalue weighted by molar-refractivity contribution is 0.399. The van der Waals surface area contributed by atoms with Gasteiger partial charge in [-0.25, -0.2) is 0 Å². The molecule has 103 heavy (non-hydrogen) atoms. The fourth-order valence-corrected chi connectivity index (χ4v) is 18.1. The smallest absolute Gasteiger partial charge is 0.0541 e. The van der Waals surface area contributed by atoms with Gasteiger partial charge in [-0.05, 0) is 217 Å². The normalized spacial score (nSPS) is 12.7. The molecule has 4 nitrogen and oxygen atoms in total. The molecule has 0 unspecified atom stereocenters. The van der Waals surface area contributed by atoms with E-state index in [-0.39, 0.29) is 5.41 Å². The van der Waals surface area contributed by atoms with Crippen LogP contribution in [-0.2, 0) is 18.3 Å². The SMILES string of the molecule is Cc1ccc2c(c1)C(CCCCCCc1ccc3c(c1)c1ccccc1n3-c1ccc(-c3ccc(-n4c5ccccc5c5ccccc54)cc3)cc1)(CCCCCCc1ccc3c(c1)c1ccccc1n3-c1ccc(-c3ccc(-n4c5ccccc5c5ccccc54)cc3)cc1)c1cc(C)ccc1-2. The predicted molar refractivity (Wildman–Crippen MR) is 437 cm³/mol. The third kappa shape index (κ3) is 10.9. The Kier molecular flexibility index (Phi) is 15.7. The molecule has 0 saturated heterocycles. The molecular formula is C99H82N4. The van der Waals surface area contributed by atoms with Crippen molar-refractivity contribution in [1.29, 1.82) is 0 Å². The number of para-hydroxylation sites is 6. The minimum absolute atomic E-state index is 0.0312. The van der Waals surface area contributed by atoms with E-state index in [0.717, 1.165) is 12.8 Å². The van der Waals surface area contributed by atoms with Crippen LogP contribution in [-0.4, -0.2) is 18.3 Å². The summed E-state index contributed by atoms with van der Waals surface area (Å²) in [6.07, 6.45) is 14.3. The number of hydrogen-bond acceptors (Lipinski definition) is 0. The predicted octanol–water partition coefficient (Wildman–Crippen LogP) is 26.7. The third-order valence-electron chi connectivity index (χ3n) is 23.1. The number of nitrogens with zero attached hydrogens (tertiary/aromatic N) is 4. The van der Waals surface area contributed by atoms with Crippen molar-refractivity contribution in [3.05, 3.63) is 349 Å². The summed E-state index contributed by atoms with van der Waals surface area (Å²) in [4.78, 5) is 0. The second kappa shape index (κ2) is 26.0. The highest BCUT2D eigenvalue weighted by Gasteiger charge is 2.42. The maximum atomic E-state index is 2.55. The van der Waals surface area contributed by atoms with Crippen molar-refractivity contribution in [2.75, 3.05) is 0 Å². The Morgan fingerprint density at radius 2 is 0.485 bits per heavy atom. The molecule has 0 bridgehead atoms. The summed E-state index contributed by atoms with van der Waals surface area (Å²) in [7, 11) is 0. The molecule has 0 radical (unpaired) electrons. The molecule has 4 heteroatoms. The van der Waals surface area contributed by atoms with Gasteiger partial charge in [-0.1, -0.05) is 256 Å². The van der Waals surface area contributed by atoms with Crippen molar-refractivity contribution >= 4 is 87.2 Å². The standard InChI is InChI=1S/C99H82N4/c1-67-37-57-79-80-58-38-68(2)64-90(80)99(89(79)63-67,61-21-5-3-7-23-69-39-59-97-87(65-69)85-29-13-19-35-95(85)102(97)77-53-45-73(46-54-77)71-41-49-75(50-42-71)100-91-31-15-9-25-81(91)82-26-10-16-32-92(82)100)62-22-6-4-8-24-70-40-60-98-88(66-70)86-30-14-20-36-96(86)103(98)78-55-47-74(48-56-78)72-43-51-76(52-44-72)101-93-33-17-11-27-83(93)84-28-12-18-34-94(84)101/h9-20,25-60,63-66H,3-8,21-24,61-62H2,1-2H3. The van der Waals surface area contributed by atoms with Crippen LogP contribution in [0.3, 0.4) is 0 Å². The van der Waals surface area contributed by atoms with Crippen molar-refractivity contribution in [2.24, 2.45) is 0 Å². The van der Waals surface area contributed by atoms with Gasteiger partial charge in [0, 0.05) is 71.3 Å². The van der Waals surface area contributed by atoms with Gasteiger partial charge in [0.15, 0.2) is 0 Å². The van der Waals surface area contributed by atoms with Crippen molar-refractivity contribution in [2.45, 2.75) is 96.3 Å². The van der Waals surface area contributed by atoms with E-state index in [1.165, 1.54) is 230 Å². The van der Waals surface area contributed by atoms with Gasteiger partial charge in [-0.15, -0.1) is 0 Å². The molecule has 4 aromatic heterocycles. The molecule has 0 saturated carbocycles. The van der Waals surface area contributed by atoms with Gasteiger partial charge in [0.1, 0.15) is 0 Å². The molecule has 0 N–H and O–H groups in total. The fourth-order valence-electron chi connectivity index (χ4n) is 18.1. The molecule has 498 valence electrons. The zero-order chi connectivity index (χ0) is 68.5. The number of rotatable bonds is 20. The Labute approximate surface area is 603 Å². The summed E-state index contributed by atoms with van der Waals surface area (Å²) in [5.74, 6) is 0. The van der Waals surface area contributed by atoms with E-state index >= 15 is 0 Å². The first-order valence-corrected chi connectivity index (χ1v) is 37.5. The molecule has 0 aliphatic heterocycles.